The standard InChI is InChI=1S/C20H17F3N6O/c1-2-15-26-13-5-3-4-6-14(13)29(15)20-27-17(24)16(21)18(28-20)25-11-7-9-12(10-8-11)30-19(22)23/h3-10,19H,2H2,1H3,(H3,24,25,27,28). The predicted octanol–water partition coefficient (Wildman–Crippen LogP) is 4.44. The van der Waals surface area contributed by atoms with Crippen molar-refractivity contribution < 1.29 is 17.9 Å². The molecule has 154 valence electrons. The summed E-state index contributed by atoms with van der Waals surface area (Å²) in [6.07, 6.45) is 0.601. The van der Waals surface area contributed by atoms with Gasteiger partial charge >= 0.3 is 6.61 Å². The van der Waals surface area contributed by atoms with Crippen LogP contribution in [0, 0.1) is 5.82 Å². The van der Waals surface area contributed by atoms with Gasteiger partial charge in [-0.2, -0.15) is 23.1 Å². The zero-order chi connectivity index (χ0) is 21.3. The van der Waals surface area contributed by atoms with Crippen molar-refractivity contribution in [3.05, 3.63) is 60.2 Å². The lowest BCUT2D eigenvalue weighted by molar-refractivity contribution is -0.0498. The number of halogens is 3. The molecule has 30 heavy (non-hydrogen) atoms. The number of hydrogen-bond donors (Lipinski definition) is 2. The van der Waals surface area contributed by atoms with Crippen LogP contribution in [-0.4, -0.2) is 26.1 Å². The molecule has 0 bridgehead atoms. The first-order valence-corrected chi connectivity index (χ1v) is 9.08. The third kappa shape index (κ3) is 3.71. The van der Waals surface area contributed by atoms with Crippen molar-refractivity contribution in [3.63, 3.8) is 0 Å². The van der Waals surface area contributed by atoms with Gasteiger partial charge in [-0.15, -0.1) is 0 Å². The van der Waals surface area contributed by atoms with Crippen LogP contribution in [0.4, 0.5) is 30.5 Å². The number of rotatable bonds is 6. The average molecular weight is 414 g/mol. The second-order valence-corrected chi connectivity index (χ2v) is 6.31. The second-order valence-electron chi connectivity index (χ2n) is 6.31. The van der Waals surface area contributed by atoms with Crippen LogP contribution < -0.4 is 15.8 Å². The number of aromatic nitrogens is 4. The summed E-state index contributed by atoms with van der Waals surface area (Å²) in [5.74, 6) is -0.466. The molecule has 4 aromatic rings. The van der Waals surface area contributed by atoms with Gasteiger partial charge in [0.05, 0.1) is 11.0 Å². The fourth-order valence-electron chi connectivity index (χ4n) is 3.03. The summed E-state index contributed by atoms with van der Waals surface area (Å²) < 4.78 is 45.2. The maximum Gasteiger partial charge on any atom is 0.387 e. The highest BCUT2D eigenvalue weighted by atomic mass is 19.3. The Balaban J connectivity index is 1.74. The number of imidazole rings is 1. The third-order valence-corrected chi connectivity index (χ3v) is 4.35. The van der Waals surface area contributed by atoms with Crippen molar-refractivity contribution in [3.8, 4) is 11.7 Å². The number of fused-ring (bicyclic) bond motifs is 1. The Labute approximate surface area is 169 Å². The first kappa shape index (κ1) is 19.5. The van der Waals surface area contributed by atoms with Crippen LogP contribution in [-0.2, 0) is 6.42 Å². The van der Waals surface area contributed by atoms with Gasteiger partial charge in [0, 0.05) is 12.1 Å². The number of alkyl halides is 2. The highest BCUT2D eigenvalue weighted by Gasteiger charge is 2.18. The summed E-state index contributed by atoms with van der Waals surface area (Å²) in [6, 6.07) is 13.0. The minimum absolute atomic E-state index is 0.0172. The third-order valence-electron chi connectivity index (χ3n) is 4.35. The van der Waals surface area contributed by atoms with Gasteiger partial charge in [-0.1, -0.05) is 19.1 Å². The van der Waals surface area contributed by atoms with E-state index >= 15 is 0 Å². The number of hydrogen-bond acceptors (Lipinski definition) is 6. The number of aryl methyl sites for hydroxylation is 1. The van der Waals surface area contributed by atoms with E-state index in [1.807, 2.05) is 31.2 Å². The Kier molecular flexibility index (Phi) is 5.13. The molecule has 0 aliphatic heterocycles. The lowest BCUT2D eigenvalue weighted by Crippen LogP contribution is -2.11. The van der Waals surface area contributed by atoms with Crippen molar-refractivity contribution in [1.82, 2.24) is 19.5 Å². The molecule has 2 aromatic heterocycles. The number of ether oxygens (including phenoxy) is 1. The number of anilines is 3. The molecular weight excluding hydrogens is 397 g/mol. The number of nitrogens with one attached hydrogen (secondary N) is 1. The average Bonchev–Trinajstić information content (AvgIpc) is 3.11. The molecule has 7 nitrogen and oxygen atoms in total. The van der Waals surface area contributed by atoms with Crippen LogP contribution in [0.15, 0.2) is 48.5 Å². The van der Waals surface area contributed by atoms with E-state index in [1.54, 1.807) is 4.57 Å². The molecule has 0 aliphatic carbocycles. The molecule has 0 radical (unpaired) electrons. The summed E-state index contributed by atoms with van der Waals surface area (Å²) in [4.78, 5) is 12.9. The summed E-state index contributed by atoms with van der Waals surface area (Å²) in [7, 11) is 0. The largest absolute Gasteiger partial charge is 0.435 e. The maximum atomic E-state index is 14.6. The van der Waals surface area contributed by atoms with Gasteiger partial charge in [0.15, 0.2) is 11.6 Å². The predicted molar refractivity (Wildman–Crippen MR) is 107 cm³/mol. The normalized spacial score (nSPS) is 11.2. The molecule has 0 fully saturated rings. The second kappa shape index (κ2) is 7.90. The molecule has 10 heteroatoms. The molecular formula is C20H17F3N6O. The summed E-state index contributed by atoms with van der Waals surface area (Å²) in [5.41, 5.74) is 7.72. The first-order valence-electron chi connectivity index (χ1n) is 9.08. The lowest BCUT2D eigenvalue weighted by Gasteiger charge is -2.12. The van der Waals surface area contributed by atoms with E-state index in [1.165, 1.54) is 24.3 Å². The quantitative estimate of drug-likeness (QED) is 0.485. The number of benzene rings is 2. The van der Waals surface area contributed by atoms with Crippen LogP contribution >= 0.6 is 0 Å². The van der Waals surface area contributed by atoms with E-state index in [4.69, 9.17) is 5.73 Å². The van der Waals surface area contributed by atoms with Crippen LogP contribution in [0.3, 0.4) is 0 Å². The zero-order valence-electron chi connectivity index (χ0n) is 15.8. The maximum absolute atomic E-state index is 14.6. The fourth-order valence-corrected chi connectivity index (χ4v) is 3.03. The van der Waals surface area contributed by atoms with Crippen molar-refractivity contribution in [1.29, 1.82) is 0 Å². The fraction of sp³-hybridized carbons (Fsp3) is 0.150. The van der Waals surface area contributed by atoms with Crippen molar-refractivity contribution >= 4 is 28.4 Å². The van der Waals surface area contributed by atoms with Gasteiger partial charge in [0.1, 0.15) is 11.6 Å². The van der Waals surface area contributed by atoms with E-state index in [2.05, 4.69) is 25.0 Å². The van der Waals surface area contributed by atoms with E-state index in [9.17, 15) is 13.2 Å². The van der Waals surface area contributed by atoms with Gasteiger partial charge in [0.25, 0.3) is 0 Å². The number of nitrogens with two attached hydrogens (primary N) is 1. The Morgan fingerprint density at radius 2 is 1.80 bits per heavy atom. The lowest BCUT2D eigenvalue weighted by atomic mass is 10.3. The number of nitrogen functional groups attached to an aromatic ring is 1. The molecule has 2 heterocycles. The SMILES string of the molecule is CCc1nc2ccccc2n1-c1nc(N)c(F)c(Nc2ccc(OC(F)F)cc2)n1. The molecule has 0 saturated heterocycles. The Hall–Kier alpha value is -3.82. The van der Waals surface area contributed by atoms with E-state index in [0.29, 0.717) is 17.9 Å². The minimum atomic E-state index is -2.93. The van der Waals surface area contributed by atoms with E-state index in [-0.39, 0.29) is 23.3 Å². The van der Waals surface area contributed by atoms with Crippen molar-refractivity contribution in [2.75, 3.05) is 11.1 Å². The minimum Gasteiger partial charge on any atom is -0.435 e. The molecule has 0 saturated carbocycles. The van der Waals surface area contributed by atoms with E-state index in [0.717, 1.165) is 11.0 Å². The highest BCUT2D eigenvalue weighted by Crippen LogP contribution is 2.26. The molecule has 4 rings (SSSR count). The molecule has 0 aliphatic rings. The van der Waals surface area contributed by atoms with Crippen LogP contribution in [0.1, 0.15) is 12.7 Å². The van der Waals surface area contributed by atoms with Crippen molar-refractivity contribution in [2.45, 2.75) is 20.0 Å². The first-order chi connectivity index (χ1) is 14.5. The van der Waals surface area contributed by atoms with Gasteiger partial charge < -0.3 is 15.8 Å². The number of nitrogens with zero attached hydrogens (tertiary/aromatic N) is 4. The Bertz CT molecular complexity index is 1190. The van der Waals surface area contributed by atoms with Gasteiger partial charge in [-0.25, -0.2) is 4.98 Å². The smallest absolute Gasteiger partial charge is 0.387 e. The van der Waals surface area contributed by atoms with Crippen LogP contribution in [0.5, 0.6) is 5.75 Å². The topological polar surface area (TPSA) is 90.9 Å². The van der Waals surface area contributed by atoms with Gasteiger partial charge in [-0.3, -0.25) is 4.57 Å². The molecule has 3 N–H and O–H groups in total. The molecule has 2 aromatic carbocycles. The molecule has 0 unspecified atom stereocenters. The summed E-state index contributed by atoms with van der Waals surface area (Å²) in [5, 5.41) is 2.80. The Morgan fingerprint density at radius 1 is 1.07 bits per heavy atom. The highest BCUT2D eigenvalue weighted by molar-refractivity contribution is 5.77. The number of para-hydroxylation sites is 2. The zero-order valence-corrected chi connectivity index (χ0v) is 15.8. The molecule has 0 amide bonds. The van der Waals surface area contributed by atoms with Gasteiger partial charge in [0.2, 0.25) is 11.8 Å². The Morgan fingerprint density at radius 3 is 2.50 bits per heavy atom. The van der Waals surface area contributed by atoms with Gasteiger partial charge in [-0.05, 0) is 36.4 Å². The summed E-state index contributed by atoms with van der Waals surface area (Å²) in [6.45, 7) is -0.990. The molecule has 0 atom stereocenters. The summed E-state index contributed by atoms with van der Waals surface area (Å²) >= 11 is 0. The van der Waals surface area contributed by atoms with Crippen LogP contribution in [0.25, 0.3) is 17.0 Å². The van der Waals surface area contributed by atoms with Crippen LogP contribution in [0.2, 0.25) is 0 Å². The molecule has 0 spiro atoms. The monoisotopic (exact) mass is 414 g/mol. The van der Waals surface area contributed by atoms with E-state index < -0.39 is 12.4 Å². The van der Waals surface area contributed by atoms with Crippen molar-refractivity contribution in [2.24, 2.45) is 0 Å².